The minimum atomic E-state index is 1.19. The maximum atomic E-state index is 3.74. The lowest BCUT2D eigenvalue weighted by Gasteiger charge is -1.98. The van der Waals surface area contributed by atoms with Gasteiger partial charge in [0.05, 0.1) is 0 Å². The predicted molar refractivity (Wildman–Crippen MR) is 107 cm³/mol. The van der Waals surface area contributed by atoms with Crippen LogP contribution in [0.3, 0.4) is 0 Å². The molecule has 0 nitrogen and oxygen atoms in total. The molecule has 0 saturated heterocycles. The molecule has 0 radical (unpaired) electrons. The van der Waals surface area contributed by atoms with E-state index >= 15 is 0 Å². The Labute approximate surface area is 136 Å². The van der Waals surface area contributed by atoms with Crippen LogP contribution in [0.5, 0.6) is 0 Å². The molecule has 0 heterocycles. The molecule has 0 unspecified atom stereocenters. The zero-order chi connectivity index (χ0) is 18.1. The summed E-state index contributed by atoms with van der Waals surface area (Å²) in [5.41, 5.74) is 2.41. The monoisotopic (exact) mass is 292 g/mol. The molecule has 0 heteroatoms. The molecule has 0 atom stereocenters. The summed E-state index contributed by atoms with van der Waals surface area (Å²) >= 11 is 0. The van der Waals surface area contributed by atoms with Crippen LogP contribution < -0.4 is 0 Å². The van der Waals surface area contributed by atoms with Crippen LogP contribution in [0.1, 0.15) is 67.9 Å². The summed E-state index contributed by atoms with van der Waals surface area (Å²) in [6.07, 6.45) is 3.93. The molecule has 0 spiro atoms. The van der Waals surface area contributed by atoms with E-state index in [1.54, 1.807) is 0 Å². The highest BCUT2D eigenvalue weighted by atomic mass is 14.0. The lowest BCUT2D eigenvalue weighted by Crippen LogP contribution is -1.76. The molecular weight excluding hydrogens is 252 g/mol. The third-order valence-corrected chi connectivity index (χ3v) is 1.64. The smallest absolute Gasteiger partial charge is 0.0188 e. The molecule has 0 aliphatic heterocycles. The quantitative estimate of drug-likeness (QED) is 0.381. The van der Waals surface area contributed by atoms with Crippen molar-refractivity contribution >= 4 is 5.57 Å². The van der Waals surface area contributed by atoms with Crippen LogP contribution in [0.4, 0.5) is 0 Å². The largest absolute Gasteiger partial charge is 0.106 e. The van der Waals surface area contributed by atoms with Crippen molar-refractivity contribution in [3.63, 3.8) is 0 Å². The van der Waals surface area contributed by atoms with Gasteiger partial charge in [-0.3, -0.25) is 0 Å². The summed E-state index contributed by atoms with van der Waals surface area (Å²) in [6, 6.07) is 10.2. The van der Waals surface area contributed by atoms with Crippen LogP contribution in [-0.2, 0) is 0 Å². The average molecular weight is 293 g/mol. The van der Waals surface area contributed by atoms with Gasteiger partial charge >= 0.3 is 0 Å². The molecule has 1 rings (SSSR count). The second-order valence-corrected chi connectivity index (χ2v) is 2.31. The van der Waals surface area contributed by atoms with Gasteiger partial charge in [-0.2, -0.15) is 0 Å². The molecule has 0 saturated carbocycles. The minimum absolute atomic E-state index is 1.19. The van der Waals surface area contributed by atoms with Crippen LogP contribution >= 0.6 is 0 Å². The first kappa shape index (κ1) is 31.7. The highest BCUT2D eigenvalue weighted by Gasteiger charge is 1.91. The third-order valence-electron chi connectivity index (χ3n) is 1.64. The number of allylic oxidation sites excluding steroid dienone is 3. The maximum Gasteiger partial charge on any atom is -0.0188 e. The van der Waals surface area contributed by atoms with E-state index in [-0.39, 0.29) is 0 Å². The first-order chi connectivity index (χ1) is 10.4. The second-order valence-electron chi connectivity index (χ2n) is 2.31. The Balaban J connectivity index is -0.0000000727. The van der Waals surface area contributed by atoms with Crippen molar-refractivity contribution in [2.45, 2.75) is 62.3 Å². The van der Waals surface area contributed by atoms with E-state index in [0.29, 0.717) is 0 Å². The summed E-state index contributed by atoms with van der Waals surface area (Å²) in [5.74, 6) is 0. The van der Waals surface area contributed by atoms with E-state index in [1.165, 1.54) is 11.1 Å². The Morgan fingerprint density at radius 1 is 0.762 bits per heavy atom. The minimum Gasteiger partial charge on any atom is -0.106 e. The Morgan fingerprint density at radius 2 is 1.10 bits per heavy atom. The Hall–Kier alpha value is -1.56. The number of hydrogen-bond donors (Lipinski definition) is 0. The van der Waals surface area contributed by atoms with Crippen molar-refractivity contribution in [3.8, 4) is 0 Å². The molecule has 0 aliphatic carbocycles. The Kier molecular flexibility index (Phi) is 64.7. The molecule has 0 fully saturated rings. The topological polar surface area (TPSA) is 0 Å². The van der Waals surface area contributed by atoms with Crippen LogP contribution in [-0.4, -0.2) is 0 Å². The lowest BCUT2D eigenvalue weighted by molar-refractivity contribution is 1.50. The van der Waals surface area contributed by atoms with Crippen LogP contribution in [0.2, 0.25) is 0 Å². The van der Waals surface area contributed by atoms with Gasteiger partial charge in [0.1, 0.15) is 0 Å². The maximum absolute atomic E-state index is 3.74. The second kappa shape index (κ2) is 42.9. The first-order valence-electron chi connectivity index (χ1n) is 8.22. The fourth-order valence-corrected chi connectivity index (χ4v) is 1.03. The third kappa shape index (κ3) is 23.9. The zero-order valence-electron chi connectivity index (χ0n) is 16.2. The van der Waals surface area contributed by atoms with Crippen molar-refractivity contribution in [3.05, 3.63) is 67.8 Å². The molecule has 0 aromatic heterocycles. The lowest BCUT2D eigenvalue weighted by atomic mass is 10.1. The zero-order valence-corrected chi connectivity index (χ0v) is 16.2. The Morgan fingerprint density at radius 3 is 1.33 bits per heavy atom. The molecule has 0 amide bonds. The molecule has 1 aromatic carbocycles. The van der Waals surface area contributed by atoms with Crippen LogP contribution in [0.25, 0.3) is 5.57 Å². The van der Waals surface area contributed by atoms with Gasteiger partial charge in [0.2, 0.25) is 0 Å². The molecule has 0 N–H and O–H groups in total. The molecular formula is C21H40. The van der Waals surface area contributed by atoms with Crippen molar-refractivity contribution in [1.82, 2.24) is 0 Å². The van der Waals surface area contributed by atoms with E-state index in [4.69, 9.17) is 0 Å². The van der Waals surface area contributed by atoms with Gasteiger partial charge < -0.3 is 0 Å². The summed E-state index contributed by atoms with van der Waals surface area (Å²) in [5, 5.41) is 0. The van der Waals surface area contributed by atoms with Gasteiger partial charge in [-0.1, -0.05) is 104 Å². The number of hydrogen-bond acceptors (Lipinski definition) is 0. The predicted octanol–water partition coefficient (Wildman–Crippen LogP) is 8.18. The normalized spacial score (nSPS) is 7.19. The molecule has 124 valence electrons. The average Bonchev–Trinajstić information content (AvgIpc) is 2.65. The van der Waals surface area contributed by atoms with Gasteiger partial charge in [0.15, 0.2) is 0 Å². The van der Waals surface area contributed by atoms with Crippen molar-refractivity contribution in [2.24, 2.45) is 0 Å². The van der Waals surface area contributed by atoms with Crippen molar-refractivity contribution in [1.29, 1.82) is 0 Å². The Bertz CT molecular complexity index is 267. The fraction of sp³-hybridized carbons (Fsp3) is 0.429. The highest BCUT2D eigenvalue weighted by molar-refractivity contribution is 5.72. The van der Waals surface area contributed by atoms with Crippen LogP contribution in [0.15, 0.2) is 62.2 Å². The summed E-state index contributed by atoms with van der Waals surface area (Å²) in [7, 11) is 0. The van der Waals surface area contributed by atoms with E-state index in [1.807, 2.05) is 86.6 Å². The van der Waals surface area contributed by atoms with Gasteiger partial charge in [-0.15, -0.1) is 13.2 Å². The molecule has 21 heavy (non-hydrogen) atoms. The van der Waals surface area contributed by atoms with E-state index in [9.17, 15) is 0 Å². The van der Waals surface area contributed by atoms with E-state index in [2.05, 4.69) is 37.9 Å². The standard InChI is InChI=1S/C11H12.4C2H6.C2H4/c1-3-10(4-2)11-8-6-5-7-9-11;5*1-2/h3-9H,1H2,2H3;4*1-2H3;1-2H2/b10-4+;;;;;. The van der Waals surface area contributed by atoms with Gasteiger partial charge in [0.25, 0.3) is 0 Å². The molecule has 0 bridgehead atoms. The van der Waals surface area contributed by atoms with Gasteiger partial charge in [0, 0.05) is 0 Å². The summed E-state index contributed by atoms with van der Waals surface area (Å²) in [6.45, 7) is 27.8. The van der Waals surface area contributed by atoms with Crippen LogP contribution in [0, 0.1) is 0 Å². The number of rotatable bonds is 2. The molecule has 0 aliphatic rings. The SMILES string of the molecule is C=C.C=C/C(=C\C)c1ccccc1.CC.CC.CC.CC. The highest BCUT2D eigenvalue weighted by Crippen LogP contribution is 2.13. The number of benzene rings is 1. The van der Waals surface area contributed by atoms with E-state index in [0.717, 1.165) is 0 Å². The van der Waals surface area contributed by atoms with Gasteiger partial charge in [-0.05, 0) is 18.1 Å². The van der Waals surface area contributed by atoms with Crippen molar-refractivity contribution < 1.29 is 0 Å². The fourth-order valence-electron chi connectivity index (χ4n) is 1.03. The van der Waals surface area contributed by atoms with E-state index < -0.39 is 0 Å². The van der Waals surface area contributed by atoms with Crippen molar-refractivity contribution in [2.75, 3.05) is 0 Å². The first-order valence-corrected chi connectivity index (χ1v) is 8.22. The summed E-state index contributed by atoms with van der Waals surface area (Å²) in [4.78, 5) is 0. The molecule has 1 aromatic rings. The van der Waals surface area contributed by atoms with Gasteiger partial charge in [-0.25, -0.2) is 0 Å². The summed E-state index contributed by atoms with van der Waals surface area (Å²) < 4.78 is 0.